The van der Waals surface area contributed by atoms with Gasteiger partial charge in [0.2, 0.25) is 0 Å². The maximum absolute atomic E-state index is 11.3. The van der Waals surface area contributed by atoms with Gasteiger partial charge >= 0.3 is 0 Å². The fourth-order valence-corrected chi connectivity index (χ4v) is 2.00. The van der Waals surface area contributed by atoms with Gasteiger partial charge in [0.05, 0.1) is 0 Å². The molecule has 1 aliphatic rings. The summed E-state index contributed by atoms with van der Waals surface area (Å²) in [5.41, 5.74) is 0.332. The van der Waals surface area contributed by atoms with E-state index in [1.807, 2.05) is 0 Å². The van der Waals surface area contributed by atoms with Gasteiger partial charge in [-0.15, -0.1) is 10.2 Å². The molecular weight excluding hydrogens is 230 g/mol. The van der Waals surface area contributed by atoms with Crippen LogP contribution in [0.15, 0.2) is 12.1 Å². The number of piperidine rings is 1. The highest BCUT2D eigenvalue weighted by Crippen LogP contribution is 2.08. The SMILES string of the molecule is CNC(=O)c1ccc(NCC2CCCCN2)nn1. The van der Waals surface area contributed by atoms with Crippen molar-refractivity contribution in [1.29, 1.82) is 0 Å². The van der Waals surface area contributed by atoms with Gasteiger partial charge in [0, 0.05) is 19.6 Å². The molecule has 6 nitrogen and oxygen atoms in total. The number of carbonyl (C=O) groups is 1. The third-order valence-electron chi connectivity index (χ3n) is 3.07. The van der Waals surface area contributed by atoms with E-state index < -0.39 is 0 Å². The number of nitrogens with zero attached hydrogens (tertiary/aromatic N) is 2. The molecule has 1 amide bonds. The number of aromatic nitrogens is 2. The minimum Gasteiger partial charge on any atom is -0.367 e. The van der Waals surface area contributed by atoms with Crippen LogP contribution in [0.25, 0.3) is 0 Å². The van der Waals surface area contributed by atoms with Crippen molar-refractivity contribution in [3.8, 4) is 0 Å². The van der Waals surface area contributed by atoms with Crippen molar-refractivity contribution in [3.05, 3.63) is 17.8 Å². The van der Waals surface area contributed by atoms with Gasteiger partial charge in [-0.05, 0) is 31.5 Å². The molecule has 6 heteroatoms. The van der Waals surface area contributed by atoms with E-state index in [4.69, 9.17) is 0 Å². The van der Waals surface area contributed by atoms with Crippen molar-refractivity contribution in [2.45, 2.75) is 25.3 Å². The zero-order valence-electron chi connectivity index (χ0n) is 10.6. The highest BCUT2D eigenvalue weighted by molar-refractivity contribution is 5.91. The highest BCUT2D eigenvalue weighted by atomic mass is 16.1. The number of hydrogen-bond donors (Lipinski definition) is 3. The Morgan fingerprint density at radius 1 is 1.44 bits per heavy atom. The molecule has 0 radical (unpaired) electrons. The second-order valence-corrected chi connectivity index (χ2v) is 4.41. The quantitative estimate of drug-likeness (QED) is 0.719. The minimum atomic E-state index is -0.219. The highest BCUT2D eigenvalue weighted by Gasteiger charge is 2.12. The van der Waals surface area contributed by atoms with Crippen LogP contribution in [0.4, 0.5) is 5.82 Å². The zero-order chi connectivity index (χ0) is 12.8. The summed E-state index contributed by atoms with van der Waals surface area (Å²) < 4.78 is 0. The molecule has 18 heavy (non-hydrogen) atoms. The molecule has 1 saturated heterocycles. The van der Waals surface area contributed by atoms with Crippen LogP contribution < -0.4 is 16.0 Å². The van der Waals surface area contributed by atoms with Gasteiger partial charge in [-0.1, -0.05) is 6.42 Å². The summed E-state index contributed by atoms with van der Waals surface area (Å²) in [4.78, 5) is 11.3. The molecule has 1 unspecified atom stereocenters. The second kappa shape index (κ2) is 6.30. The predicted octanol–water partition coefficient (Wildman–Crippen LogP) is 0.390. The van der Waals surface area contributed by atoms with Crippen molar-refractivity contribution < 1.29 is 4.79 Å². The minimum absolute atomic E-state index is 0.219. The molecule has 98 valence electrons. The molecule has 0 aliphatic carbocycles. The van der Waals surface area contributed by atoms with Gasteiger partial charge in [-0.2, -0.15) is 0 Å². The molecule has 0 saturated carbocycles. The van der Waals surface area contributed by atoms with Crippen molar-refractivity contribution in [1.82, 2.24) is 20.8 Å². The molecule has 2 rings (SSSR count). The first-order valence-corrected chi connectivity index (χ1v) is 6.32. The van der Waals surface area contributed by atoms with Gasteiger partial charge in [-0.3, -0.25) is 4.79 Å². The first kappa shape index (κ1) is 12.8. The van der Waals surface area contributed by atoms with Crippen LogP contribution in [0.5, 0.6) is 0 Å². The maximum Gasteiger partial charge on any atom is 0.271 e. The zero-order valence-corrected chi connectivity index (χ0v) is 10.6. The van der Waals surface area contributed by atoms with Gasteiger partial charge in [0.1, 0.15) is 5.82 Å². The van der Waals surface area contributed by atoms with Gasteiger partial charge < -0.3 is 16.0 Å². The first-order chi connectivity index (χ1) is 8.79. The summed E-state index contributed by atoms with van der Waals surface area (Å²) in [6.45, 7) is 1.93. The van der Waals surface area contributed by atoms with E-state index in [9.17, 15) is 4.79 Å². The molecule has 0 aromatic carbocycles. The molecule has 1 aromatic heterocycles. The Balaban J connectivity index is 1.84. The number of carbonyl (C=O) groups excluding carboxylic acids is 1. The monoisotopic (exact) mass is 249 g/mol. The van der Waals surface area contributed by atoms with Crippen LogP contribution in [0.1, 0.15) is 29.8 Å². The smallest absolute Gasteiger partial charge is 0.271 e. The van der Waals surface area contributed by atoms with E-state index in [0.29, 0.717) is 17.6 Å². The Labute approximate surface area is 107 Å². The largest absolute Gasteiger partial charge is 0.367 e. The molecule has 2 heterocycles. The average Bonchev–Trinajstić information content (AvgIpc) is 2.46. The third-order valence-corrected chi connectivity index (χ3v) is 3.07. The lowest BCUT2D eigenvalue weighted by Crippen LogP contribution is -2.39. The fraction of sp³-hybridized carbons (Fsp3) is 0.583. The molecule has 1 fully saturated rings. The number of rotatable bonds is 4. The number of nitrogens with one attached hydrogen (secondary N) is 3. The van der Waals surface area contributed by atoms with Crippen molar-refractivity contribution in [3.63, 3.8) is 0 Å². The first-order valence-electron chi connectivity index (χ1n) is 6.32. The molecule has 1 aliphatic heterocycles. The van der Waals surface area contributed by atoms with E-state index in [2.05, 4.69) is 26.1 Å². The van der Waals surface area contributed by atoms with Crippen LogP contribution in [0.3, 0.4) is 0 Å². The standard InChI is InChI=1S/C12H19N5O/c1-13-12(18)10-5-6-11(17-16-10)15-8-9-4-2-3-7-14-9/h5-6,9,14H,2-4,7-8H2,1H3,(H,13,18)(H,15,17). The summed E-state index contributed by atoms with van der Waals surface area (Å²) in [6.07, 6.45) is 3.73. The van der Waals surface area contributed by atoms with Gasteiger partial charge in [0.15, 0.2) is 5.69 Å². The van der Waals surface area contributed by atoms with Gasteiger partial charge in [0.25, 0.3) is 5.91 Å². The molecule has 1 aromatic rings. The lowest BCUT2D eigenvalue weighted by atomic mass is 10.1. The topological polar surface area (TPSA) is 78.9 Å². The summed E-state index contributed by atoms with van der Waals surface area (Å²) in [5, 5.41) is 17.0. The molecule has 3 N–H and O–H groups in total. The van der Waals surface area contributed by atoms with E-state index in [0.717, 1.165) is 13.1 Å². The van der Waals surface area contributed by atoms with Crippen LogP contribution in [-0.2, 0) is 0 Å². The molecule has 1 atom stereocenters. The predicted molar refractivity (Wildman–Crippen MR) is 69.6 cm³/mol. The Morgan fingerprint density at radius 2 is 2.33 bits per heavy atom. The van der Waals surface area contributed by atoms with E-state index >= 15 is 0 Å². The second-order valence-electron chi connectivity index (χ2n) is 4.41. The van der Waals surface area contributed by atoms with Crippen LogP contribution in [0.2, 0.25) is 0 Å². The Hall–Kier alpha value is -1.69. The Bertz CT molecular complexity index is 386. The van der Waals surface area contributed by atoms with Crippen molar-refractivity contribution >= 4 is 11.7 Å². The summed E-state index contributed by atoms with van der Waals surface area (Å²) >= 11 is 0. The normalized spacial score (nSPS) is 19.3. The molecular formula is C12H19N5O. The van der Waals surface area contributed by atoms with Crippen LogP contribution >= 0.6 is 0 Å². The number of hydrogen-bond acceptors (Lipinski definition) is 5. The summed E-state index contributed by atoms with van der Waals surface area (Å²) in [7, 11) is 1.57. The fourth-order valence-electron chi connectivity index (χ4n) is 2.00. The van der Waals surface area contributed by atoms with Crippen molar-refractivity contribution in [2.75, 3.05) is 25.5 Å². The molecule has 0 bridgehead atoms. The lowest BCUT2D eigenvalue weighted by molar-refractivity contribution is 0.0957. The maximum atomic E-state index is 11.3. The average molecular weight is 249 g/mol. The van der Waals surface area contributed by atoms with E-state index in [-0.39, 0.29) is 5.91 Å². The van der Waals surface area contributed by atoms with Crippen LogP contribution in [0, 0.1) is 0 Å². The van der Waals surface area contributed by atoms with Crippen LogP contribution in [-0.4, -0.2) is 42.3 Å². The number of amides is 1. The van der Waals surface area contributed by atoms with E-state index in [1.165, 1.54) is 19.3 Å². The third kappa shape index (κ3) is 3.40. The lowest BCUT2D eigenvalue weighted by Gasteiger charge is -2.23. The number of anilines is 1. The summed E-state index contributed by atoms with van der Waals surface area (Å²) in [6, 6.07) is 3.95. The van der Waals surface area contributed by atoms with Crippen molar-refractivity contribution in [2.24, 2.45) is 0 Å². The Kier molecular flexibility index (Phi) is 4.46. The summed E-state index contributed by atoms with van der Waals surface area (Å²) in [5.74, 6) is 0.484. The molecule has 0 spiro atoms. The van der Waals surface area contributed by atoms with E-state index in [1.54, 1.807) is 19.2 Å². The van der Waals surface area contributed by atoms with Gasteiger partial charge in [-0.25, -0.2) is 0 Å². The Morgan fingerprint density at radius 3 is 2.94 bits per heavy atom.